The van der Waals surface area contributed by atoms with Crippen molar-refractivity contribution in [1.82, 2.24) is 5.32 Å². The lowest BCUT2D eigenvalue weighted by Crippen LogP contribution is -2.27. The van der Waals surface area contributed by atoms with Gasteiger partial charge in [0.05, 0.1) is 0 Å². The fourth-order valence-electron chi connectivity index (χ4n) is 3.01. The van der Waals surface area contributed by atoms with Crippen LogP contribution in [0.3, 0.4) is 0 Å². The van der Waals surface area contributed by atoms with Crippen molar-refractivity contribution in [3.05, 3.63) is 35.4 Å². The molecule has 1 unspecified atom stereocenters. The van der Waals surface area contributed by atoms with Gasteiger partial charge in [-0.25, -0.2) is 0 Å². The van der Waals surface area contributed by atoms with Crippen LogP contribution in [0.4, 0.5) is 0 Å². The largest absolute Gasteiger partial charge is 0.310 e. The number of hydrogen-bond acceptors (Lipinski definition) is 1. The molecule has 1 aliphatic carbocycles. The molecular weight excluding hydrogens is 206 g/mol. The van der Waals surface area contributed by atoms with Crippen molar-refractivity contribution in [2.75, 3.05) is 6.54 Å². The summed E-state index contributed by atoms with van der Waals surface area (Å²) in [7, 11) is 0. The van der Waals surface area contributed by atoms with Gasteiger partial charge in [-0.15, -0.1) is 0 Å². The van der Waals surface area contributed by atoms with Crippen LogP contribution in [-0.4, -0.2) is 6.54 Å². The number of benzene rings is 1. The minimum atomic E-state index is 0.581. The van der Waals surface area contributed by atoms with E-state index in [0.717, 1.165) is 12.5 Å². The minimum absolute atomic E-state index is 0.581. The third-order valence-electron chi connectivity index (χ3n) is 3.89. The van der Waals surface area contributed by atoms with Crippen LogP contribution in [0.5, 0.6) is 0 Å². The number of hydrogen-bond donors (Lipinski definition) is 1. The summed E-state index contributed by atoms with van der Waals surface area (Å²) in [5.74, 6) is 0.850. The zero-order chi connectivity index (χ0) is 12.1. The molecule has 1 atom stereocenters. The molecule has 0 saturated heterocycles. The molecule has 1 heteroatoms. The van der Waals surface area contributed by atoms with Gasteiger partial charge in [-0.05, 0) is 44.2 Å². The van der Waals surface area contributed by atoms with Gasteiger partial charge in [0.1, 0.15) is 0 Å². The molecule has 1 N–H and O–H groups in total. The third kappa shape index (κ3) is 3.32. The van der Waals surface area contributed by atoms with E-state index in [1.165, 1.54) is 43.2 Å². The Morgan fingerprint density at radius 2 is 2.06 bits per heavy atom. The van der Waals surface area contributed by atoms with Crippen LogP contribution in [0.2, 0.25) is 0 Å². The van der Waals surface area contributed by atoms with Crippen molar-refractivity contribution >= 4 is 0 Å². The average Bonchev–Trinajstić information content (AvgIpc) is 2.83. The van der Waals surface area contributed by atoms with Crippen molar-refractivity contribution in [2.45, 2.75) is 52.0 Å². The predicted molar refractivity (Wildman–Crippen MR) is 74.2 cm³/mol. The first-order valence-corrected chi connectivity index (χ1v) is 7.11. The summed E-state index contributed by atoms with van der Waals surface area (Å²) in [4.78, 5) is 0. The second-order valence-corrected chi connectivity index (χ2v) is 5.39. The summed E-state index contributed by atoms with van der Waals surface area (Å²) >= 11 is 0. The minimum Gasteiger partial charge on any atom is -0.310 e. The van der Waals surface area contributed by atoms with E-state index in [1.54, 1.807) is 0 Å². The lowest BCUT2D eigenvalue weighted by atomic mass is 9.91. The SMILES string of the molecule is CCCNC(c1cccc(C)c1)C1CCCC1. The van der Waals surface area contributed by atoms with E-state index in [2.05, 4.69) is 43.4 Å². The highest BCUT2D eigenvalue weighted by Gasteiger charge is 2.25. The summed E-state index contributed by atoms with van der Waals surface area (Å²) in [6.07, 6.45) is 6.85. The molecule has 1 aromatic carbocycles. The van der Waals surface area contributed by atoms with Gasteiger partial charge >= 0.3 is 0 Å². The third-order valence-corrected chi connectivity index (χ3v) is 3.89. The first kappa shape index (κ1) is 12.6. The van der Waals surface area contributed by atoms with Crippen LogP contribution in [0, 0.1) is 12.8 Å². The fraction of sp³-hybridized carbons (Fsp3) is 0.625. The lowest BCUT2D eigenvalue weighted by molar-refractivity contribution is 0.368. The van der Waals surface area contributed by atoms with E-state index in [-0.39, 0.29) is 0 Å². The van der Waals surface area contributed by atoms with E-state index in [0.29, 0.717) is 6.04 Å². The molecule has 0 radical (unpaired) electrons. The molecule has 1 aliphatic rings. The maximum absolute atomic E-state index is 3.75. The van der Waals surface area contributed by atoms with Crippen LogP contribution in [0.15, 0.2) is 24.3 Å². The first-order chi connectivity index (χ1) is 8.31. The molecule has 1 nitrogen and oxygen atoms in total. The lowest BCUT2D eigenvalue weighted by Gasteiger charge is -2.25. The summed E-state index contributed by atoms with van der Waals surface area (Å²) in [6, 6.07) is 9.61. The highest BCUT2D eigenvalue weighted by Crippen LogP contribution is 2.35. The molecule has 0 aromatic heterocycles. The van der Waals surface area contributed by atoms with Crippen LogP contribution >= 0.6 is 0 Å². The molecule has 0 bridgehead atoms. The highest BCUT2D eigenvalue weighted by molar-refractivity contribution is 5.25. The average molecular weight is 231 g/mol. The Balaban J connectivity index is 2.13. The summed E-state index contributed by atoms with van der Waals surface area (Å²) in [6.45, 7) is 5.57. The molecule has 2 rings (SSSR count). The summed E-state index contributed by atoms with van der Waals surface area (Å²) < 4.78 is 0. The summed E-state index contributed by atoms with van der Waals surface area (Å²) in [5.41, 5.74) is 2.87. The predicted octanol–water partition coefficient (Wildman–Crippen LogP) is 4.23. The Kier molecular flexibility index (Phi) is 4.61. The Morgan fingerprint density at radius 1 is 1.29 bits per heavy atom. The van der Waals surface area contributed by atoms with Crippen molar-refractivity contribution < 1.29 is 0 Å². The van der Waals surface area contributed by atoms with E-state index in [4.69, 9.17) is 0 Å². The number of aryl methyl sites for hydroxylation is 1. The van der Waals surface area contributed by atoms with Crippen LogP contribution in [0.1, 0.15) is 56.2 Å². The maximum Gasteiger partial charge on any atom is 0.0348 e. The van der Waals surface area contributed by atoms with Gasteiger partial charge in [0.25, 0.3) is 0 Å². The fourth-order valence-corrected chi connectivity index (χ4v) is 3.01. The number of rotatable bonds is 5. The second-order valence-electron chi connectivity index (χ2n) is 5.39. The van der Waals surface area contributed by atoms with Gasteiger partial charge in [-0.3, -0.25) is 0 Å². The molecular formula is C16H25N. The van der Waals surface area contributed by atoms with Crippen molar-refractivity contribution in [2.24, 2.45) is 5.92 Å². The van der Waals surface area contributed by atoms with E-state index in [9.17, 15) is 0 Å². The van der Waals surface area contributed by atoms with Gasteiger partial charge < -0.3 is 5.32 Å². The molecule has 0 amide bonds. The quantitative estimate of drug-likeness (QED) is 0.800. The smallest absolute Gasteiger partial charge is 0.0348 e. The summed E-state index contributed by atoms with van der Waals surface area (Å²) in [5, 5.41) is 3.75. The highest BCUT2D eigenvalue weighted by atomic mass is 14.9. The van der Waals surface area contributed by atoms with Crippen molar-refractivity contribution in [1.29, 1.82) is 0 Å². The molecule has 1 aromatic rings. The standard InChI is InChI=1S/C16H25N/c1-3-11-17-16(14-8-4-5-9-14)15-10-6-7-13(2)12-15/h6-7,10,12,14,16-17H,3-5,8-9,11H2,1-2H3. The topological polar surface area (TPSA) is 12.0 Å². The molecule has 0 spiro atoms. The Morgan fingerprint density at radius 3 is 2.71 bits per heavy atom. The van der Waals surface area contributed by atoms with Crippen LogP contribution in [-0.2, 0) is 0 Å². The van der Waals surface area contributed by atoms with E-state index < -0.39 is 0 Å². The first-order valence-electron chi connectivity index (χ1n) is 7.11. The normalized spacial score (nSPS) is 18.5. The van der Waals surface area contributed by atoms with Crippen LogP contribution < -0.4 is 5.32 Å². The molecule has 1 saturated carbocycles. The number of nitrogens with one attached hydrogen (secondary N) is 1. The molecule has 0 heterocycles. The Labute approximate surface area is 106 Å². The Bertz CT molecular complexity index is 339. The van der Waals surface area contributed by atoms with Crippen LogP contribution in [0.25, 0.3) is 0 Å². The molecule has 0 aliphatic heterocycles. The van der Waals surface area contributed by atoms with Gasteiger partial charge in [0.15, 0.2) is 0 Å². The second kappa shape index (κ2) is 6.20. The zero-order valence-electron chi connectivity index (χ0n) is 11.2. The van der Waals surface area contributed by atoms with E-state index >= 15 is 0 Å². The van der Waals surface area contributed by atoms with E-state index in [1.807, 2.05) is 0 Å². The van der Waals surface area contributed by atoms with Crippen molar-refractivity contribution in [3.8, 4) is 0 Å². The van der Waals surface area contributed by atoms with Gasteiger partial charge in [-0.2, -0.15) is 0 Å². The Hall–Kier alpha value is -0.820. The van der Waals surface area contributed by atoms with Crippen molar-refractivity contribution in [3.63, 3.8) is 0 Å². The van der Waals surface area contributed by atoms with Gasteiger partial charge in [0, 0.05) is 6.04 Å². The molecule has 17 heavy (non-hydrogen) atoms. The van der Waals surface area contributed by atoms with Gasteiger partial charge in [0.2, 0.25) is 0 Å². The monoisotopic (exact) mass is 231 g/mol. The van der Waals surface area contributed by atoms with Gasteiger partial charge in [-0.1, -0.05) is 49.6 Å². The maximum atomic E-state index is 3.75. The zero-order valence-corrected chi connectivity index (χ0v) is 11.2. The molecule has 1 fully saturated rings. The molecule has 94 valence electrons.